The Morgan fingerprint density at radius 3 is 2.56 bits per heavy atom. The number of nitrogens with one attached hydrogen (secondary N) is 2. The van der Waals surface area contributed by atoms with Gasteiger partial charge in [-0.2, -0.15) is 0 Å². The molecule has 0 fully saturated rings. The van der Waals surface area contributed by atoms with Crippen molar-refractivity contribution in [2.24, 2.45) is 5.92 Å². The molecule has 6 nitrogen and oxygen atoms in total. The first kappa shape index (κ1) is 22.3. The van der Waals surface area contributed by atoms with Gasteiger partial charge < -0.3 is 14.8 Å². The first-order valence-electron chi connectivity index (χ1n) is 11.3. The van der Waals surface area contributed by atoms with Crippen LogP contribution < -0.4 is 19.5 Å². The predicted molar refractivity (Wildman–Crippen MR) is 134 cm³/mol. The zero-order valence-corrected chi connectivity index (χ0v) is 20.2. The van der Waals surface area contributed by atoms with Gasteiger partial charge in [-0.05, 0) is 66.8 Å². The molecule has 0 amide bonds. The molecular weight excluding hydrogens is 448 g/mol. The molecular formula is C27H28N2O4S. The van der Waals surface area contributed by atoms with E-state index < -0.39 is 10.0 Å². The second kappa shape index (κ2) is 8.72. The number of ether oxygens (including phenoxy) is 2. The maximum Gasteiger partial charge on any atom is 0.261 e. The lowest BCUT2D eigenvalue weighted by atomic mass is 9.77. The monoisotopic (exact) mass is 476 g/mol. The minimum Gasteiger partial charge on any atom is -0.497 e. The van der Waals surface area contributed by atoms with Gasteiger partial charge in [-0.15, -0.1) is 0 Å². The molecule has 0 bridgehead atoms. The van der Waals surface area contributed by atoms with E-state index in [-0.39, 0.29) is 22.8 Å². The molecule has 7 heteroatoms. The van der Waals surface area contributed by atoms with Crippen molar-refractivity contribution in [2.75, 3.05) is 24.3 Å². The fourth-order valence-electron chi connectivity index (χ4n) is 5.01. The van der Waals surface area contributed by atoms with Crippen molar-refractivity contribution < 1.29 is 17.9 Å². The number of para-hydroxylation sites is 1. The van der Waals surface area contributed by atoms with Crippen LogP contribution in [0.2, 0.25) is 0 Å². The van der Waals surface area contributed by atoms with E-state index >= 15 is 0 Å². The van der Waals surface area contributed by atoms with Crippen LogP contribution in [0.3, 0.4) is 0 Å². The number of methoxy groups -OCH3 is 2. The van der Waals surface area contributed by atoms with Gasteiger partial charge in [0.1, 0.15) is 11.5 Å². The van der Waals surface area contributed by atoms with Gasteiger partial charge in [0.15, 0.2) is 0 Å². The summed E-state index contributed by atoms with van der Waals surface area (Å²) in [6.45, 7) is 1.89. The molecule has 2 aliphatic rings. The summed E-state index contributed by atoms with van der Waals surface area (Å²) >= 11 is 0. The maximum absolute atomic E-state index is 13.2. The van der Waals surface area contributed by atoms with Crippen LogP contribution in [0.4, 0.5) is 11.4 Å². The number of allylic oxidation sites excluding steroid dienone is 2. The Bertz CT molecular complexity index is 1370. The van der Waals surface area contributed by atoms with E-state index in [0.29, 0.717) is 5.69 Å². The lowest BCUT2D eigenvalue weighted by molar-refractivity contribution is 0.372. The highest BCUT2D eigenvalue weighted by atomic mass is 32.2. The zero-order valence-electron chi connectivity index (χ0n) is 19.4. The Balaban J connectivity index is 1.51. The van der Waals surface area contributed by atoms with E-state index in [2.05, 4.69) is 22.2 Å². The molecule has 0 saturated heterocycles. The summed E-state index contributed by atoms with van der Waals surface area (Å²) in [5, 5.41) is 3.66. The average Bonchev–Trinajstić information content (AvgIpc) is 3.34. The van der Waals surface area contributed by atoms with Crippen molar-refractivity contribution >= 4 is 21.4 Å². The van der Waals surface area contributed by atoms with E-state index in [0.717, 1.165) is 40.3 Å². The van der Waals surface area contributed by atoms with Crippen LogP contribution in [-0.2, 0) is 10.0 Å². The molecule has 3 aromatic rings. The summed E-state index contributed by atoms with van der Waals surface area (Å²) in [6.07, 6.45) is 5.27. The molecule has 3 atom stereocenters. The second-order valence-corrected chi connectivity index (χ2v) is 10.4. The molecule has 1 heterocycles. The number of aryl methyl sites for hydroxylation is 1. The number of hydrogen-bond acceptors (Lipinski definition) is 5. The Morgan fingerprint density at radius 2 is 1.79 bits per heavy atom. The Kier molecular flexibility index (Phi) is 5.73. The third kappa shape index (κ3) is 3.90. The predicted octanol–water partition coefficient (Wildman–Crippen LogP) is 5.64. The number of hydrogen-bond donors (Lipinski definition) is 2. The third-order valence-electron chi connectivity index (χ3n) is 6.81. The minimum absolute atomic E-state index is 0.0286. The largest absolute Gasteiger partial charge is 0.497 e. The van der Waals surface area contributed by atoms with Crippen LogP contribution in [0.1, 0.15) is 35.1 Å². The van der Waals surface area contributed by atoms with Crippen molar-refractivity contribution in [3.05, 3.63) is 89.5 Å². The molecule has 5 rings (SSSR count). The van der Waals surface area contributed by atoms with Gasteiger partial charge in [0.05, 0.1) is 30.8 Å². The topological polar surface area (TPSA) is 76.7 Å². The van der Waals surface area contributed by atoms with Crippen LogP contribution >= 0.6 is 0 Å². The second-order valence-electron chi connectivity index (χ2n) is 8.75. The summed E-state index contributed by atoms with van der Waals surface area (Å²) < 4.78 is 40.1. The van der Waals surface area contributed by atoms with Crippen molar-refractivity contribution in [1.82, 2.24) is 0 Å². The van der Waals surface area contributed by atoms with Crippen molar-refractivity contribution in [2.45, 2.75) is 30.2 Å². The summed E-state index contributed by atoms with van der Waals surface area (Å²) in [4.78, 5) is 0.260. The highest BCUT2D eigenvalue weighted by Gasteiger charge is 2.39. The van der Waals surface area contributed by atoms with Crippen molar-refractivity contribution in [3.8, 4) is 11.5 Å². The summed E-state index contributed by atoms with van der Waals surface area (Å²) in [6, 6.07) is 18.6. The van der Waals surface area contributed by atoms with Gasteiger partial charge in [0, 0.05) is 23.2 Å². The Morgan fingerprint density at radius 1 is 0.971 bits per heavy atom. The third-order valence-corrected chi connectivity index (χ3v) is 8.17. The molecule has 0 radical (unpaired) electrons. The van der Waals surface area contributed by atoms with E-state index in [1.54, 1.807) is 32.4 Å². The van der Waals surface area contributed by atoms with Gasteiger partial charge in [-0.1, -0.05) is 30.4 Å². The first-order valence-corrected chi connectivity index (χ1v) is 12.8. The lowest BCUT2D eigenvalue weighted by Gasteiger charge is -2.38. The van der Waals surface area contributed by atoms with Crippen LogP contribution in [0.5, 0.6) is 11.5 Å². The molecule has 2 N–H and O–H groups in total. The summed E-state index contributed by atoms with van der Waals surface area (Å²) in [7, 11) is -0.414. The molecule has 176 valence electrons. The number of benzene rings is 3. The molecule has 0 saturated carbocycles. The molecule has 34 heavy (non-hydrogen) atoms. The molecule has 0 spiro atoms. The van der Waals surface area contributed by atoms with Crippen LogP contribution in [-0.4, -0.2) is 22.6 Å². The molecule has 0 aromatic heterocycles. The molecule has 1 aliphatic carbocycles. The normalized spacial score (nSPS) is 20.7. The molecule has 3 aromatic carbocycles. The maximum atomic E-state index is 13.2. The fraction of sp³-hybridized carbons (Fsp3) is 0.259. The standard InChI is InChI=1S/C27H28N2O4S/c1-17-7-4-5-10-24(17)29-34(30,31)19-12-14-25-23(16-19)20-8-6-9-21(20)27(28-25)22-13-11-18(32-2)15-26(22)33-3/h4-8,10-16,20-21,27-29H,9H2,1-3H3/t20-,21+,27-/m0/s1. The number of sulfonamides is 1. The van der Waals surface area contributed by atoms with Gasteiger partial charge in [0.25, 0.3) is 10.0 Å². The van der Waals surface area contributed by atoms with Gasteiger partial charge >= 0.3 is 0 Å². The lowest BCUT2D eigenvalue weighted by Crippen LogP contribution is -2.29. The smallest absolute Gasteiger partial charge is 0.261 e. The zero-order chi connectivity index (χ0) is 23.9. The summed E-state index contributed by atoms with van der Waals surface area (Å²) in [5.74, 6) is 1.88. The minimum atomic E-state index is -3.72. The number of anilines is 2. The van der Waals surface area contributed by atoms with E-state index in [1.165, 1.54) is 0 Å². The van der Waals surface area contributed by atoms with Gasteiger partial charge in [-0.25, -0.2) is 8.42 Å². The van der Waals surface area contributed by atoms with Crippen molar-refractivity contribution in [1.29, 1.82) is 0 Å². The van der Waals surface area contributed by atoms with E-state index in [9.17, 15) is 8.42 Å². The van der Waals surface area contributed by atoms with Crippen LogP contribution in [0.15, 0.2) is 77.7 Å². The van der Waals surface area contributed by atoms with E-state index in [4.69, 9.17) is 9.47 Å². The van der Waals surface area contributed by atoms with Crippen LogP contribution in [0.25, 0.3) is 0 Å². The highest BCUT2D eigenvalue weighted by molar-refractivity contribution is 7.92. The van der Waals surface area contributed by atoms with Crippen molar-refractivity contribution in [3.63, 3.8) is 0 Å². The van der Waals surface area contributed by atoms with Gasteiger partial charge in [0.2, 0.25) is 0 Å². The summed E-state index contributed by atoms with van der Waals surface area (Å²) in [5.41, 5.74) is 4.45. The van der Waals surface area contributed by atoms with E-state index in [1.807, 2.05) is 49.4 Å². The quantitative estimate of drug-likeness (QED) is 0.450. The Hall–Kier alpha value is -3.45. The Labute approximate surface area is 200 Å². The molecule has 1 aliphatic heterocycles. The van der Waals surface area contributed by atoms with Gasteiger partial charge in [-0.3, -0.25) is 4.72 Å². The molecule has 0 unspecified atom stereocenters. The number of rotatable bonds is 6. The highest BCUT2D eigenvalue weighted by Crippen LogP contribution is 2.51. The number of fused-ring (bicyclic) bond motifs is 3. The SMILES string of the molecule is COc1ccc([C@H]2Nc3ccc(S(=O)(=O)Nc4ccccc4C)cc3[C@H]3C=CC[C@H]32)c(OC)c1. The van der Waals surface area contributed by atoms with Crippen LogP contribution in [0, 0.1) is 12.8 Å². The first-order chi connectivity index (χ1) is 16.4. The fourth-order valence-corrected chi connectivity index (χ4v) is 6.18. The average molecular weight is 477 g/mol.